The van der Waals surface area contributed by atoms with E-state index in [0.717, 1.165) is 11.3 Å². The summed E-state index contributed by atoms with van der Waals surface area (Å²) in [5, 5.41) is 0. The number of nitrogens with one attached hydrogen (secondary N) is 1. The van der Waals surface area contributed by atoms with Gasteiger partial charge in [0.25, 0.3) is 5.56 Å². The SMILES string of the molecule is CCOc1ccccc1-c1cncc(=O)[nH]1. The van der Waals surface area contributed by atoms with Crippen LogP contribution < -0.4 is 10.3 Å². The van der Waals surface area contributed by atoms with Crippen LogP contribution in [-0.2, 0) is 0 Å². The third-order valence-electron chi connectivity index (χ3n) is 2.13. The van der Waals surface area contributed by atoms with Gasteiger partial charge in [-0.05, 0) is 19.1 Å². The maximum Gasteiger partial charge on any atom is 0.266 e. The van der Waals surface area contributed by atoms with E-state index < -0.39 is 0 Å². The van der Waals surface area contributed by atoms with Gasteiger partial charge in [-0.15, -0.1) is 0 Å². The number of hydrogen-bond acceptors (Lipinski definition) is 3. The lowest BCUT2D eigenvalue weighted by atomic mass is 10.1. The number of rotatable bonds is 3. The van der Waals surface area contributed by atoms with Crippen molar-refractivity contribution in [3.8, 4) is 17.0 Å². The molecule has 0 saturated heterocycles. The first kappa shape index (κ1) is 10.4. The molecule has 1 N–H and O–H groups in total. The Morgan fingerprint density at radius 2 is 2.12 bits per heavy atom. The number of H-pyrrole nitrogens is 1. The molecule has 1 heterocycles. The fourth-order valence-electron chi connectivity index (χ4n) is 1.48. The molecule has 4 heteroatoms. The van der Waals surface area contributed by atoms with Crippen LogP contribution in [0.5, 0.6) is 5.75 Å². The van der Waals surface area contributed by atoms with Gasteiger partial charge < -0.3 is 9.72 Å². The first-order chi connectivity index (χ1) is 7.81. The summed E-state index contributed by atoms with van der Waals surface area (Å²) in [6.07, 6.45) is 2.85. The van der Waals surface area contributed by atoms with Crippen molar-refractivity contribution in [2.24, 2.45) is 0 Å². The molecule has 16 heavy (non-hydrogen) atoms. The smallest absolute Gasteiger partial charge is 0.266 e. The van der Waals surface area contributed by atoms with E-state index in [-0.39, 0.29) is 5.56 Å². The summed E-state index contributed by atoms with van der Waals surface area (Å²) >= 11 is 0. The first-order valence-electron chi connectivity index (χ1n) is 5.08. The van der Waals surface area contributed by atoms with Gasteiger partial charge in [0.15, 0.2) is 0 Å². The van der Waals surface area contributed by atoms with E-state index in [1.165, 1.54) is 6.20 Å². The van der Waals surface area contributed by atoms with Gasteiger partial charge in [0.1, 0.15) is 5.75 Å². The second kappa shape index (κ2) is 4.61. The molecule has 0 bridgehead atoms. The second-order valence-corrected chi connectivity index (χ2v) is 3.24. The van der Waals surface area contributed by atoms with Gasteiger partial charge in [0.05, 0.1) is 24.7 Å². The Hall–Kier alpha value is -2.10. The second-order valence-electron chi connectivity index (χ2n) is 3.24. The molecule has 1 aromatic carbocycles. The van der Waals surface area contributed by atoms with Gasteiger partial charge in [0.2, 0.25) is 0 Å². The van der Waals surface area contributed by atoms with Crippen LogP contribution in [0.15, 0.2) is 41.5 Å². The quantitative estimate of drug-likeness (QED) is 0.851. The molecule has 0 spiro atoms. The Labute approximate surface area is 92.9 Å². The van der Waals surface area contributed by atoms with Crippen LogP contribution >= 0.6 is 0 Å². The van der Waals surface area contributed by atoms with Gasteiger partial charge in [-0.3, -0.25) is 9.78 Å². The maximum atomic E-state index is 11.2. The predicted molar refractivity (Wildman–Crippen MR) is 61.5 cm³/mol. The summed E-state index contributed by atoms with van der Waals surface area (Å²) in [4.78, 5) is 17.8. The van der Waals surface area contributed by atoms with Crippen molar-refractivity contribution in [1.29, 1.82) is 0 Å². The molecule has 4 nitrogen and oxygen atoms in total. The lowest BCUT2D eigenvalue weighted by molar-refractivity contribution is 0.341. The number of benzene rings is 1. The Bertz CT molecular complexity index is 534. The monoisotopic (exact) mass is 216 g/mol. The number of aromatic amines is 1. The maximum absolute atomic E-state index is 11.2. The zero-order valence-corrected chi connectivity index (χ0v) is 8.93. The Morgan fingerprint density at radius 1 is 1.31 bits per heavy atom. The number of hydrogen-bond donors (Lipinski definition) is 1. The molecule has 0 atom stereocenters. The molecular weight excluding hydrogens is 204 g/mol. The van der Waals surface area contributed by atoms with Gasteiger partial charge >= 0.3 is 0 Å². The highest BCUT2D eigenvalue weighted by Gasteiger charge is 2.05. The Balaban J connectivity index is 2.51. The van der Waals surface area contributed by atoms with Crippen molar-refractivity contribution < 1.29 is 4.74 Å². The molecule has 82 valence electrons. The summed E-state index contributed by atoms with van der Waals surface area (Å²) in [5.74, 6) is 0.744. The van der Waals surface area contributed by atoms with Crippen molar-refractivity contribution in [2.75, 3.05) is 6.61 Å². The zero-order valence-electron chi connectivity index (χ0n) is 8.93. The van der Waals surface area contributed by atoms with Crippen LogP contribution in [0.3, 0.4) is 0 Å². The predicted octanol–water partition coefficient (Wildman–Crippen LogP) is 1.84. The Morgan fingerprint density at radius 3 is 2.88 bits per heavy atom. The van der Waals surface area contributed by atoms with E-state index in [1.54, 1.807) is 6.20 Å². The minimum Gasteiger partial charge on any atom is -0.493 e. The number of nitrogens with zero attached hydrogens (tertiary/aromatic N) is 1. The zero-order chi connectivity index (χ0) is 11.4. The minimum atomic E-state index is -0.219. The van der Waals surface area contributed by atoms with Crippen molar-refractivity contribution in [3.05, 3.63) is 47.0 Å². The van der Waals surface area contributed by atoms with Gasteiger partial charge in [-0.25, -0.2) is 0 Å². The molecule has 0 aliphatic rings. The van der Waals surface area contributed by atoms with Crippen molar-refractivity contribution in [1.82, 2.24) is 9.97 Å². The summed E-state index contributed by atoms with van der Waals surface area (Å²) in [6.45, 7) is 2.50. The molecular formula is C12H12N2O2. The standard InChI is InChI=1S/C12H12N2O2/c1-2-16-11-6-4-3-5-9(11)10-7-13-8-12(15)14-10/h3-8H,2H2,1H3,(H,14,15). The van der Waals surface area contributed by atoms with E-state index in [0.29, 0.717) is 12.3 Å². The lowest BCUT2D eigenvalue weighted by Crippen LogP contribution is -2.06. The molecule has 2 aromatic rings. The van der Waals surface area contributed by atoms with E-state index in [1.807, 2.05) is 31.2 Å². The third kappa shape index (κ3) is 2.11. The number of aromatic nitrogens is 2. The highest BCUT2D eigenvalue weighted by atomic mass is 16.5. The number of para-hydroxylation sites is 1. The normalized spacial score (nSPS) is 10.1. The van der Waals surface area contributed by atoms with E-state index in [2.05, 4.69) is 9.97 Å². The van der Waals surface area contributed by atoms with Gasteiger partial charge in [-0.2, -0.15) is 0 Å². The van der Waals surface area contributed by atoms with Crippen molar-refractivity contribution in [3.63, 3.8) is 0 Å². The minimum absolute atomic E-state index is 0.219. The highest BCUT2D eigenvalue weighted by molar-refractivity contribution is 5.66. The molecule has 0 unspecified atom stereocenters. The molecule has 1 aromatic heterocycles. The van der Waals surface area contributed by atoms with Crippen LogP contribution in [0.4, 0.5) is 0 Å². The largest absolute Gasteiger partial charge is 0.493 e. The van der Waals surface area contributed by atoms with E-state index >= 15 is 0 Å². The average molecular weight is 216 g/mol. The van der Waals surface area contributed by atoms with Gasteiger partial charge in [-0.1, -0.05) is 12.1 Å². The summed E-state index contributed by atoms with van der Waals surface area (Å²) in [7, 11) is 0. The van der Waals surface area contributed by atoms with Crippen LogP contribution in [0, 0.1) is 0 Å². The van der Waals surface area contributed by atoms with Crippen molar-refractivity contribution in [2.45, 2.75) is 6.92 Å². The molecule has 0 aliphatic heterocycles. The number of ether oxygens (including phenoxy) is 1. The van der Waals surface area contributed by atoms with Crippen LogP contribution in [-0.4, -0.2) is 16.6 Å². The molecule has 2 rings (SSSR count). The summed E-state index contributed by atoms with van der Waals surface area (Å²) in [6, 6.07) is 7.54. The van der Waals surface area contributed by atoms with E-state index in [4.69, 9.17) is 4.74 Å². The molecule has 0 aliphatic carbocycles. The summed E-state index contributed by atoms with van der Waals surface area (Å²) < 4.78 is 5.48. The molecule has 0 radical (unpaired) electrons. The average Bonchev–Trinajstić information content (AvgIpc) is 2.30. The molecule has 0 amide bonds. The molecule has 0 fully saturated rings. The van der Waals surface area contributed by atoms with Gasteiger partial charge in [0, 0.05) is 5.56 Å². The highest BCUT2D eigenvalue weighted by Crippen LogP contribution is 2.26. The fourth-order valence-corrected chi connectivity index (χ4v) is 1.48. The van der Waals surface area contributed by atoms with Crippen LogP contribution in [0.1, 0.15) is 6.92 Å². The van der Waals surface area contributed by atoms with Crippen LogP contribution in [0.25, 0.3) is 11.3 Å². The first-order valence-corrected chi connectivity index (χ1v) is 5.08. The Kier molecular flexibility index (Phi) is 3.00. The summed E-state index contributed by atoms with van der Waals surface area (Å²) in [5.41, 5.74) is 1.29. The van der Waals surface area contributed by atoms with Crippen molar-refractivity contribution >= 4 is 0 Å². The topological polar surface area (TPSA) is 55.0 Å². The lowest BCUT2D eigenvalue weighted by Gasteiger charge is -2.08. The van der Waals surface area contributed by atoms with E-state index in [9.17, 15) is 4.79 Å². The molecule has 0 saturated carbocycles. The van der Waals surface area contributed by atoms with Crippen LogP contribution in [0.2, 0.25) is 0 Å². The fraction of sp³-hybridized carbons (Fsp3) is 0.167. The third-order valence-corrected chi connectivity index (χ3v) is 2.13.